The summed E-state index contributed by atoms with van der Waals surface area (Å²) in [6.45, 7) is 5.85. The van der Waals surface area contributed by atoms with Gasteiger partial charge < -0.3 is 14.5 Å². The second kappa shape index (κ2) is 9.19. The number of amides is 1. The van der Waals surface area contributed by atoms with E-state index >= 15 is 0 Å². The number of hydrogen-bond acceptors (Lipinski definition) is 7. The molecule has 2 aromatic rings. The van der Waals surface area contributed by atoms with Gasteiger partial charge in [0.25, 0.3) is 11.6 Å². The monoisotopic (exact) mass is 411 g/mol. The van der Waals surface area contributed by atoms with Gasteiger partial charge in [0, 0.05) is 69.8 Å². The van der Waals surface area contributed by atoms with Crippen LogP contribution in [-0.4, -0.2) is 78.1 Å². The highest BCUT2D eigenvalue weighted by molar-refractivity contribution is 5.96. The van der Waals surface area contributed by atoms with Crippen molar-refractivity contribution in [3.8, 4) is 0 Å². The van der Waals surface area contributed by atoms with Crippen molar-refractivity contribution in [2.45, 2.75) is 6.54 Å². The Morgan fingerprint density at radius 3 is 2.40 bits per heavy atom. The second-order valence-electron chi connectivity index (χ2n) is 7.48. The molecular formula is C21H25N5O4. The van der Waals surface area contributed by atoms with Crippen LogP contribution in [0.1, 0.15) is 15.9 Å². The number of hydrogen-bond donors (Lipinski definition) is 0. The molecule has 1 aromatic carbocycles. The minimum atomic E-state index is -0.409. The summed E-state index contributed by atoms with van der Waals surface area (Å²) in [6.07, 6.45) is 3.56. The summed E-state index contributed by atoms with van der Waals surface area (Å²) in [6, 6.07) is 8.79. The Hall–Kier alpha value is -3.04. The predicted molar refractivity (Wildman–Crippen MR) is 112 cm³/mol. The molecule has 0 bridgehead atoms. The first-order chi connectivity index (χ1) is 14.6. The normalized spacial score (nSPS) is 17.7. The van der Waals surface area contributed by atoms with Gasteiger partial charge in [-0.2, -0.15) is 0 Å². The van der Waals surface area contributed by atoms with Crippen LogP contribution >= 0.6 is 0 Å². The number of nitrogens with zero attached hydrogens (tertiary/aromatic N) is 5. The van der Waals surface area contributed by atoms with Crippen LogP contribution in [0.2, 0.25) is 0 Å². The van der Waals surface area contributed by atoms with Crippen molar-refractivity contribution in [1.82, 2.24) is 14.8 Å². The van der Waals surface area contributed by atoms with Crippen molar-refractivity contribution in [3.63, 3.8) is 0 Å². The van der Waals surface area contributed by atoms with E-state index in [1.807, 2.05) is 17.0 Å². The smallest absolute Gasteiger partial charge is 0.293 e. The van der Waals surface area contributed by atoms with Gasteiger partial charge in [-0.1, -0.05) is 0 Å². The van der Waals surface area contributed by atoms with Crippen molar-refractivity contribution in [2.24, 2.45) is 0 Å². The highest BCUT2D eigenvalue weighted by Gasteiger charge is 2.26. The topological polar surface area (TPSA) is 92.0 Å². The molecule has 30 heavy (non-hydrogen) atoms. The molecule has 9 heteroatoms. The summed E-state index contributed by atoms with van der Waals surface area (Å²) in [5.74, 6) is -0.157. The van der Waals surface area contributed by atoms with E-state index in [1.165, 1.54) is 11.6 Å². The summed E-state index contributed by atoms with van der Waals surface area (Å²) in [5.41, 5.74) is 2.07. The average molecular weight is 411 g/mol. The molecule has 2 fully saturated rings. The number of benzene rings is 1. The molecule has 0 radical (unpaired) electrons. The van der Waals surface area contributed by atoms with E-state index in [9.17, 15) is 14.9 Å². The van der Waals surface area contributed by atoms with Crippen LogP contribution < -0.4 is 4.90 Å². The highest BCUT2D eigenvalue weighted by atomic mass is 16.6. The summed E-state index contributed by atoms with van der Waals surface area (Å²) in [4.78, 5) is 34.2. The minimum absolute atomic E-state index is 0.0286. The van der Waals surface area contributed by atoms with Crippen LogP contribution in [0.5, 0.6) is 0 Å². The number of ether oxygens (including phenoxy) is 1. The molecule has 158 valence electrons. The van der Waals surface area contributed by atoms with Crippen LogP contribution in [0.15, 0.2) is 42.7 Å². The minimum Gasteiger partial charge on any atom is -0.378 e. The fraction of sp³-hybridized carbons (Fsp3) is 0.429. The Morgan fingerprint density at radius 1 is 1.03 bits per heavy atom. The standard InChI is InChI=1S/C21H25N5O4/c27-21(25-9-7-23(8-10-25)16-17-3-5-22-6-4-17)18-1-2-19(20(15-18)26(28)29)24-11-13-30-14-12-24/h1-6,15H,7-14,16H2. The summed E-state index contributed by atoms with van der Waals surface area (Å²) in [5, 5.41) is 11.6. The molecule has 0 unspecified atom stereocenters. The lowest BCUT2D eigenvalue weighted by Crippen LogP contribution is -2.48. The third-order valence-electron chi connectivity index (χ3n) is 5.59. The van der Waals surface area contributed by atoms with Crippen molar-refractivity contribution in [2.75, 3.05) is 57.4 Å². The van der Waals surface area contributed by atoms with Crippen LogP contribution in [0.4, 0.5) is 11.4 Å². The van der Waals surface area contributed by atoms with E-state index in [0.717, 1.165) is 19.6 Å². The number of piperazine rings is 1. The molecule has 0 saturated carbocycles. The Balaban J connectivity index is 1.42. The SMILES string of the molecule is O=C(c1ccc(N2CCOCC2)c([N+](=O)[O-])c1)N1CCN(Cc2ccncc2)CC1. The molecule has 3 heterocycles. The predicted octanol–water partition coefficient (Wildman–Crippen LogP) is 1.78. The number of carbonyl (C=O) groups is 1. The number of carbonyl (C=O) groups excluding carboxylic acids is 1. The molecule has 0 atom stereocenters. The lowest BCUT2D eigenvalue weighted by atomic mass is 10.1. The number of anilines is 1. The van der Waals surface area contributed by atoms with Crippen molar-refractivity contribution in [1.29, 1.82) is 0 Å². The molecule has 2 aliphatic rings. The molecular weight excluding hydrogens is 386 g/mol. The van der Waals surface area contributed by atoms with Crippen LogP contribution in [0.25, 0.3) is 0 Å². The van der Waals surface area contributed by atoms with Gasteiger partial charge in [-0.25, -0.2) is 0 Å². The van der Waals surface area contributed by atoms with Crippen LogP contribution in [0.3, 0.4) is 0 Å². The Bertz CT molecular complexity index is 894. The molecule has 9 nitrogen and oxygen atoms in total. The van der Waals surface area contributed by atoms with E-state index in [1.54, 1.807) is 29.4 Å². The molecule has 1 aromatic heterocycles. The lowest BCUT2D eigenvalue weighted by molar-refractivity contribution is -0.384. The zero-order chi connectivity index (χ0) is 20.9. The molecule has 1 amide bonds. The van der Waals surface area contributed by atoms with Gasteiger partial charge in [-0.3, -0.25) is 24.8 Å². The lowest BCUT2D eigenvalue weighted by Gasteiger charge is -2.35. The fourth-order valence-electron chi connectivity index (χ4n) is 3.91. The van der Waals surface area contributed by atoms with E-state index in [-0.39, 0.29) is 11.6 Å². The maximum Gasteiger partial charge on any atom is 0.293 e. The molecule has 0 spiro atoms. The second-order valence-corrected chi connectivity index (χ2v) is 7.48. The molecule has 4 rings (SSSR count). The van der Waals surface area contributed by atoms with Gasteiger partial charge in [0.1, 0.15) is 5.69 Å². The third kappa shape index (κ3) is 4.58. The van der Waals surface area contributed by atoms with Crippen molar-refractivity contribution < 1.29 is 14.5 Å². The molecule has 0 N–H and O–H groups in total. The van der Waals surface area contributed by atoms with Gasteiger partial charge in [-0.05, 0) is 29.8 Å². The molecule has 2 saturated heterocycles. The fourth-order valence-corrected chi connectivity index (χ4v) is 3.91. The Morgan fingerprint density at radius 2 is 1.73 bits per heavy atom. The van der Waals surface area contributed by atoms with Crippen LogP contribution in [0, 0.1) is 10.1 Å². The number of rotatable bonds is 5. The third-order valence-corrected chi connectivity index (χ3v) is 5.59. The van der Waals surface area contributed by atoms with Gasteiger partial charge >= 0.3 is 0 Å². The number of morpholine rings is 1. The first kappa shape index (κ1) is 20.2. The van der Waals surface area contributed by atoms with Crippen molar-refractivity contribution >= 4 is 17.3 Å². The van der Waals surface area contributed by atoms with Crippen LogP contribution in [-0.2, 0) is 11.3 Å². The summed E-state index contributed by atoms with van der Waals surface area (Å²) in [7, 11) is 0. The largest absolute Gasteiger partial charge is 0.378 e. The van der Waals surface area contributed by atoms with Gasteiger partial charge in [-0.15, -0.1) is 0 Å². The molecule has 0 aliphatic carbocycles. The van der Waals surface area contributed by atoms with E-state index < -0.39 is 4.92 Å². The van der Waals surface area contributed by atoms with Gasteiger partial charge in [0.2, 0.25) is 0 Å². The Kier molecular flexibility index (Phi) is 6.20. The van der Waals surface area contributed by atoms with E-state index in [2.05, 4.69) is 9.88 Å². The Labute approximate surface area is 175 Å². The zero-order valence-electron chi connectivity index (χ0n) is 16.8. The summed E-state index contributed by atoms with van der Waals surface area (Å²) < 4.78 is 5.33. The maximum atomic E-state index is 13.0. The van der Waals surface area contributed by atoms with E-state index in [0.29, 0.717) is 50.6 Å². The zero-order valence-corrected chi connectivity index (χ0v) is 16.8. The van der Waals surface area contributed by atoms with Gasteiger partial charge in [0.15, 0.2) is 0 Å². The maximum absolute atomic E-state index is 13.0. The number of pyridine rings is 1. The van der Waals surface area contributed by atoms with E-state index in [4.69, 9.17) is 4.74 Å². The first-order valence-corrected chi connectivity index (χ1v) is 10.1. The van der Waals surface area contributed by atoms with Crippen molar-refractivity contribution in [3.05, 3.63) is 64.0 Å². The van der Waals surface area contributed by atoms with Gasteiger partial charge in [0.05, 0.1) is 18.1 Å². The highest BCUT2D eigenvalue weighted by Crippen LogP contribution is 2.30. The number of nitro groups is 1. The molecule has 2 aliphatic heterocycles. The number of nitro benzene ring substituents is 1. The first-order valence-electron chi connectivity index (χ1n) is 10.1. The number of aromatic nitrogens is 1. The summed E-state index contributed by atoms with van der Waals surface area (Å²) >= 11 is 0. The average Bonchev–Trinajstić information content (AvgIpc) is 2.80. The quantitative estimate of drug-likeness (QED) is 0.547.